The molecule has 2 atom stereocenters. The molecule has 0 aromatic carbocycles. The minimum atomic E-state index is -0.447. The lowest BCUT2D eigenvalue weighted by Crippen LogP contribution is -2.53. The molecule has 0 bridgehead atoms. The van der Waals surface area contributed by atoms with Crippen LogP contribution in [0.3, 0.4) is 0 Å². The molecule has 4 heteroatoms. The number of nitriles is 1. The summed E-state index contributed by atoms with van der Waals surface area (Å²) in [6, 6.07) is 2.30. The fourth-order valence-electron chi connectivity index (χ4n) is 1.65. The standard InChI is InChI=1S/C10H19N3O/c1-9-6-13(4-5-14-9)8-10(2,7-11)12-3/h9,12H,4-6,8H2,1-3H3. The predicted octanol–water partition coefficient (Wildman–Crippen LogP) is 0.209. The average Bonchev–Trinajstić information content (AvgIpc) is 2.18. The lowest BCUT2D eigenvalue weighted by molar-refractivity contribution is -0.0229. The fraction of sp³-hybridized carbons (Fsp3) is 0.900. The largest absolute Gasteiger partial charge is 0.376 e. The lowest BCUT2D eigenvalue weighted by atomic mass is 10.0. The van der Waals surface area contributed by atoms with Crippen LogP contribution in [0.25, 0.3) is 0 Å². The van der Waals surface area contributed by atoms with Gasteiger partial charge in [-0.05, 0) is 20.9 Å². The van der Waals surface area contributed by atoms with Gasteiger partial charge >= 0.3 is 0 Å². The van der Waals surface area contributed by atoms with E-state index in [1.54, 1.807) is 0 Å². The molecule has 0 saturated carbocycles. The number of hydrogen-bond acceptors (Lipinski definition) is 4. The highest BCUT2D eigenvalue weighted by molar-refractivity contribution is 5.05. The van der Waals surface area contributed by atoms with Gasteiger partial charge in [0.1, 0.15) is 5.54 Å². The van der Waals surface area contributed by atoms with E-state index in [2.05, 4.69) is 23.2 Å². The van der Waals surface area contributed by atoms with Gasteiger partial charge in [-0.1, -0.05) is 0 Å². The summed E-state index contributed by atoms with van der Waals surface area (Å²) in [4.78, 5) is 2.27. The molecule has 2 unspecified atom stereocenters. The molecule has 0 aliphatic carbocycles. The first-order chi connectivity index (χ1) is 6.59. The van der Waals surface area contributed by atoms with Crippen LogP contribution in [-0.4, -0.2) is 49.8 Å². The minimum absolute atomic E-state index is 0.281. The number of nitrogens with zero attached hydrogens (tertiary/aromatic N) is 2. The van der Waals surface area contributed by atoms with E-state index >= 15 is 0 Å². The Morgan fingerprint density at radius 3 is 2.93 bits per heavy atom. The summed E-state index contributed by atoms with van der Waals surface area (Å²) in [6.45, 7) is 7.35. The topological polar surface area (TPSA) is 48.3 Å². The second-order valence-corrected chi connectivity index (χ2v) is 4.11. The Bertz CT molecular complexity index is 226. The second-order valence-electron chi connectivity index (χ2n) is 4.11. The van der Waals surface area contributed by atoms with Gasteiger partial charge in [-0.2, -0.15) is 5.26 Å². The van der Waals surface area contributed by atoms with Gasteiger partial charge in [0.05, 0.1) is 18.8 Å². The van der Waals surface area contributed by atoms with E-state index in [1.807, 2.05) is 14.0 Å². The molecule has 0 aromatic heterocycles. The Morgan fingerprint density at radius 2 is 2.43 bits per heavy atom. The van der Waals surface area contributed by atoms with Gasteiger partial charge in [0.25, 0.3) is 0 Å². The molecular weight excluding hydrogens is 178 g/mol. The molecule has 1 saturated heterocycles. The number of rotatable bonds is 3. The van der Waals surface area contributed by atoms with Crippen LogP contribution < -0.4 is 5.32 Å². The van der Waals surface area contributed by atoms with Crippen LogP contribution in [0.5, 0.6) is 0 Å². The third-order valence-corrected chi connectivity index (χ3v) is 2.66. The number of hydrogen-bond donors (Lipinski definition) is 1. The zero-order valence-electron chi connectivity index (χ0n) is 9.21. The number of likely N-dealkylation sites (N-methyl/N-ethyl adjacent to an activating group) is 1. The Balaban J connectivity index is 2.47. The van der Waals surface area contributed by atoms with E-state index < -0.39 is 5.54 Å². The van der Waals surface area contributed by atoms with Crippen molar-refractivity contribution in [2.45, 2.75) is 25.5 Å². The Morgan fingerprint density at radius 1 is 1.71 bits per heavy atom. The van der Waals surface area contributed by atoms with Gasteiger partial charge in [0.15, 0.2) is 0 Å². The highest BCUT2D eigenvalue weighted by Crippen LogP contribution is 2.09. The third-order valence-electron chi connectivity index (χ3n) is 2.66. The predicted molar refractivity (Wildman–Crippen MR) is 54.9 cm³/mol. The van der Waals surface area contributed by atoms with E-state index in [-0.39, 0.29) is 6.10 Å². The van der Waals surface area contributed by atoms with E-state index in [0.717, 1.165) is 26.2 Å². The lowest BCUT2D eigenvalue weighted by Gasteiger charge is -2.35. The highest BCUT2D eigenvalue weighted by Gasteiger charge is 2.27. The van der Waals surface area contributed by atoms with Crippen molar-refractivity contribution in [3.05, 3.63) is 0 Å². The summed E-state index contributed by atoms with van der Waals surface area (Å²) >= 11 is 0. The summed E-state index contributed by atoms with van der Waals surface area (Å²) < 4.78 is 5.44. The Kier molecular flexibility index (Phi) is 3.87. The molecule has 0 radical (unpaired) electrons. The van der Waals surface area contributed by atoms with E-state index in [0.29, 0.717) is 0 Å². The van der Waals surface area contributed by atoms with Crippen molar-refractivity contribution in [2.24, 2.45) is 0 Å². The molecule has 4 nitrogen and oxygen atoms in total. The zero-order valence-corrected chi connectivity index (χ0v) is 9.21. The highest BCUT2D eigenvalue weighted by atomic mass is 16.5. The monoisotopic (exact) mass is 197 g/mol. The molecule has 1 heterocycles. The smallest absolute Gasteiger partial charge is 0.116 e. The first-order valence-electron chi connectivity index (χ1n) is 5.04. The van der Waals surface area contributed by atoms with Crippen LogP contribution in [0, 0.1) is 11.3 Å². The first kappa shape index (κ1) is 11.4. The molecule has 1 N–H and O–H groups in total. The Hall–Kier alpha value is -0.630. The van der Waals surface area contributed by atoms with Crippen molar-refractivity contribution in [3.8, 4) is 6.07 Å². The van der Waals surface area contributed by atoms with Gasteiger partial charge in [-0.15, -0.1) is 0 Å². The SMILES string of the molecule is CNC(C)(C#N)CN1CCOC(C)C1. The molecular formula is C10H19N3O. The van der Waals surface area contributed by atoms with Crippen molar-refractivity contribution in [3.63, 3.8) is 0 Å². The summed E-state index contributed by atoms with van der Waals surface area (Å²) in [7, 11) is 1.83. The fourth-order valence-corrected chi connectivity index (χ4v) is 1.65. The molecule has 14 heavy (non-hydrogen) atoms. The minimum Gasteiger partial charge on any atom is -0.376 e. The van der Waals surface area contributed by atoms with Crippen LogP contribution in [0.15, 0.2) is 0 Å². The molecule has 1 fully saturated rings. The molecule has 1 rings (SSSR count). The van der Waals surface area contributed by atoms with Crippen LogP contribution in [0.4, 0.5) is 0 Å². The van der Waals surface area contributed by atoms with E-state index in [1.165, 1.54) is 0 Å². The van der Waals surface area contributed by atoms with Crippen molar-refractivity contribution in [2.75, 3.05) is 33.3 Å². The third kappa shape index (κ3) is 2.95. The number of ether oxygens (including phenoxy) is 1. The Labute approximate surface area is 85.8 Å². The van der Waals surface area contributed by atoms with Crippen LogP contribution in [0.2, 0.25) is 0 Å². The second kappa shape index (κ2) is 4.74. The zero-order chi connectivity index (χ0) is 10.6. The van der Waals surface area contributed by atoms with Crippen LogP contribution in [0.1, 0.15) is 13.8 Å². The van der Waals surface area contributed by atoms with E-state index in [4.69, 9.17) is 10.00 Å². The number of morpholine rings is 1. The maximum absolute atomic E-state index is 9.01. The maximum atomic E-state index is 9.01. The molecule has 1 aliphatic rings. The van der Waals surface area contributed by atoms with Gasteiger partial charge in [-0.25, -0.2) is 0 Å². The first-order valence-corrected chi connectivity index (χ1v) is 5.04. The van der Waals surface area contributed by atoms with Gasteiger partial charge in [0.2, 0.25) is 0 Å². The van der Waals surface area contributed by atoms with Gasteiger partial charge in [-0.3, -0.25) is 4.90 Å². The number of nitrogens with one attached hydrogen (secondary N) is 1. The summed E-state index contributed by atoms with van der Waals surface area (Å²) in [6.07, 6.45) is 0.281. The van der Waals surface area contributed by atoms with Gasteiger partial charge < -0.3 is 10.1 Å². The summed E-state index contributed by atoms with van der Waals surface area (Å²) in [5, 5.41) is 12.1. The van der Waals surface area contributed by atoms with Crippen molar-refractivity contribution >= 4 is 0 Å². The van der Waals surface area contributed by atoms with Crippen molar-refractivity contribution in [1.29, 1.82) is 5.26 Å². The van der Waals surface area contributed by atoms with Crippen molar-refractivity contribution in [1.82, 2.24) is 10.2 Å². The quantitative estimate of drug-likeness (QED) is 0.702. The molecule has 0 aromatic rings. The van der Waals surface area contributed by atoms with Crippen LogP contribution in [-0.2, 0) is 4.74 Å². The maximum Gasteiger partial charge on any atom is 0.116 e. The van der Waals surface area contributed by atoms with E-state index in [9.17, 15) is 0 Å². The summed E-state index contributed by atoms with van der Waals surface area (Å²) in [5.74, 6) is 0. The summed E-state index contributed by atoms with van der Waals surface area (Å²) in [5.41, 5.74) is -0.447. The molecule has 1 aliphatic heterocycles. The molecule has 0 amide bonds. The van der Waals surface area contributed by atoms with Crippen molar-refractivity contribution < 1.29 is 4.74 Å². The van der Waals surface area contributed by atoms with Crippen LogP contribution >= 0.6 is 0 Å². The average molecular weight is 197 g/mol. The molecule has 0 spiro atoms. The van der Waals surface area contributed by atoms with Gasteiger partial charge in [0, 0.05) is 19.6 Å². The normalized spacial score (nSPS) is 28.0. The molecule has 80 valence electrons.